The van der Waals surface area contributed by atoms with Gasteiger partial charge in [-0.25, -0.2) is 0 Å². The van der Waals surface area contributed by atoms with Crippen molar-refractivity contribution in [1.82, 2.24) is 5.32 Å². The zero-order chi connectivity index (χ0) is 13.0. The molecule has 0 spiro atoms. The quantitative estimate of drug-likeness (QED) is 0.611. The number of aliphatic hydroxyl groups excluding tert-OH is 1. The Morgan fingerprint density at radius 1 is 1.53 bits per heavy atom. The molecule has 0 aromatic heterocycles. The van der Waals surface area contributed by atoms with Gasteiger partial charge in [0.1, 0.15) is 5.75 Å². The van der Waals surface area contributed by atoms with Crippen molar-refractivity contribution in [3.63, 3.8) is 0 Å². The summed E-state index contributed by atoms with van der Waals surface area (Å²) in [5.41, 5.74) is 6.77. The van der Waals surface area contributed by atoms with Gasteiger partial charge in [0, 0.05) is 25.1 Å². The van der Waals surface area contributed by atoms with Gasteiger partial charge in [0.2, 0.25) is 5.91 Å². The molecular weight excluding hydrogens is 220 g/mol. The first-order valence-corrected chi connectivity index (χ1v) is 5.41. The Labute approximate surface area is 100 Å². The van der Waals surface area contributed by atoms with Crippen LogP contribution >= 0.6 is 0 Å². The van der Waals surface area contributed by atoms with E-state index in [-0.39, 0.29) is 18.2 Å². The van der Waals surface area contributed by atoms with Crippen molar-refractivity contribution in [2.75, 3.05) is 0 Å². The second-order valence-electron chi connectivity index (χ2n) is 4.10. The fourth-order valence-corrected chi connectivity index (χ4v) is 1.45. The van der Waals surface area contributed by atoms with Crippen LogP contribution in [0.1, 0.15) is 31.1 Å². The first kappa shape index (κ1) is 13.5. The first-order valence-electron chi connectivity index (χ1n) is 5.41. The summed E-state index contributed by atoms with van der Waals surface area (Å²) in [6.07, 6.45) is -0.785. The number of benzene rings is 1. The van der Waals surface area contributed by atoms with Crippen LogP contribution < -0.4 is 11.1 Å². The third kappa shape index (κ3) is 3.72. The minimum Gasteiger partial charge on any atom is -0.508 e. The average molecular weight is 238 g/mol. The van der Waals surface area contributed by atoms with Crippen LogP contribution in [0.25, 0.3) is 0 Å². The van der Waals surface area contributed by atoms with Gasteiger partial charge in [0.25, 0.3) is 0 Å². The van der Waals surface area contributed by atoms with E-state index in [4.69, 9.17) is 5.73 Å². The highest BCUT2D eigenvalue weighted by molar-refractivity contribution is 5.72. The molecule has 5 N–H and O–H groups in total. The van der Waals surface area contributed by atoms with Crippen molar-refractivity contribution in [2.24, 2.45) is 5.73 Å². The molecule has 0 bridgehead atoms. The molecule has 0 radical (unpaired) electrons. The van der Waals surface area contributed by atoms with Crippen LogP contribution in [0.3, 0.4) is 0 Å². The predicted molar refractivity (Wildman–Crippen MR) is 64.2 cm³/mol. The molecule has 1 amide bonds. The van der Waals surface area contributed by atoms with Crippen molar-refractivity contribution in [1.29, 1.82) is 0 Å². The van der Waals surface area contributed by atoms with E-state index in [9.17, 15) is 15.0 Å². The number of aromatic hydroxyl groups is 1. The molecule has 1 aromatic rings. The predicted octanol–water partition coefficient (Wildman–Crippen LogP) is 0.409. The fraction of sp³-hybridized carbons (Fsp3) is 0.417. The summed E-state index contributed by atoms with van der Waals surface area (Å²) in [6, 6.07) is 4.34. The Morgan fingerprint density at radius 2 is 2.18 bits per heavy atom. The van der Waals surface area contributed by atoms with E-state index in [1.807, 2.05) is 0 Å². The van der Waals surface area contributed by atoms with Gasteiger partial charge >= 0.3 is 0 Å². The van der Waals surface area contributed by atoms with Crippen LogP contribution in [-0.2, 0) is 11.3 Å². The summed E-state index contributed by atoms with van der Waals surface area (Å²) in [7, 11) is 0. The lowest BCUT2D eigenvalue weighted by Crippen LogP contribution is -2.24. The monoisotopic (exact) mass is 238 g/mol. The molecule has 0 aliphatic heterocycles. The Bertz CT molecular complexity index is 405. The number of phenols is 1. The van der Waals surface area contributed by atoms with Gasteiger partial charge in [0.05, 0.1) is 6.10 Å². The molecular formula is C12H18N2O3. The maximum absolute atomic E-state index is 10.8. The Morgan fingerprint density at radius 3 is 2.71 bits per heavy atom. The minimum atomic E-state index is -0.785. The van der Waals surface area contributed by atoms with E-state index in [2.05, 4.69) is 5.32 Å². The number of rotatable bonds is 4. The highest BCUT2D eigenvalue weighted by Gasteiger charge is 2.14. The van der Waals surface area contributed by atoms with Crippen molar-refractivity contribution >= 4 is 5.91 Å². The molecule has 1 aromatic carbocycles. The Balaban J connectivity index is 2.90. The molecule has 5 nitrogen and oxygen atoms in total. The zero-order valence-electron chi connectivity index (χ0n) is 9.97. The van der Waals surface area contributed by atoms with Gasteiger partial charge in [-0.3, -0.25) is 4.79 Å². The van der Waals surface area contributed by atoms with Crippen LogP contribution in [0.5, 0.6) is 5.75 Å². The second-order valence-corrected chi connectivity index (χ2v) is 4.10. The molecule has 5 heteroatoms. The number of amides is 1. The average Bonchev–Trinajstić information content (AvgIpc) is 2.26. The molecule has 2 unspecified atom stereocenters. The van der Waals surface area contributed by atoms with E-state index in [0.717, 1.165) is 0 Å². The zero-order valence-corrected chi connectivity index (χ0v) is 9.97. The van der Waals surface area contributed by atoms with Crippen molar-refractivity contribution in [2.45, 2.75) is 32.5 Å². The summed E-state index contributed by atoms with van der Waals surface area (Å²) in [6.45, 7) is 3.32. The molecule has 0 heterocycles. The molecule has 17 heavy (non-hydrogen) atoms. The molecule has 0 aliphatic carbocycles. The number of hydrogen-bond acceptors (Lipinski definition) is 4. The highest BCUT2D eigenvalue weighted by Crippen LogP contribution is 2.23. The maximum Gasteiger partial charge on any atom is 0.217 e. The molecule has 94 valence electrons. The van der Waals surface area contributed by atoms with Crippen LogP contribution in [-0.4, -0.2) is 22.2 Å². The molecule has 0 saturated heterocycles. The normalized spacial score (nSPS) is 14.1. The SMILES string of the molecule is CC(=O)NCc1cc(C(O)C(C)N)ccc1O. The summed E-state index contributed by atoms with van der Waals surface area (Å²) in [4.78, 5) is 10.8. The maximum atomic E-state index is 10.8. The topological polar surface area (TPSA) is 95.6 Å². The van der Waals surface area contributed by atoms with E-state index < -0.39 is 12.1 Å². The lowest BCUT2D eigenvalue weighted by molar-refractivity contribution is -0.119. The highest BCUT2D eigenvalue weighted by atomic mass is 16.3. The third-order valence-electron chi connectivity index (χ3n) is 2.47. The molecule has 1 rings (SSSR count). The summed E-state index contributed by atoms with van der Waals surface area (Å²) in [5, 5.41) is 22.0. The molecule has 0 aliphatic rings. The number of aliphatic hydroxyl groups is 1. The van der Waals surface area contributed by atoms with Gasteiger partial charge in [-0.1, -0.05) is 6.07 Å². The number of hydrogen-bond donors (Lipinski definition) is 4. The number of nitrogens with two attached hydrogens (primary N) is 1. The molecule has 0 saturated carbocycles. The smallest absolute Gasteiger partial charge is 0.217 e. The summed E-state index contributed by atoms with van der Waals surface area (Å²) < 4.78 is 0. The summed E-state index contributed by atoms with van der Waals surface area (Å²) in [5.74, 6) is -0.0954. The standard InChI is InChI=1S/C12H18N2O3/c1-7(13)12(17)9-3-4-11(16)10(5-9)6-14-8(2)15/h3-5,7,12,16-17H,6,13H2,1-2H3,(H,14,15). The van der Waals surface area contributed by atoms with E-state index in [1.54, 1.807) is 19.1 Å². The number of carbonyl (C=O) groups excluding carboxylic acids is 1. The van der Waals surface area contributed by atoms with Crippen molar-refractivity contribution in [3.8, 4) is 5.75 Å². The fourth-order valence-electron chi connectivity index (χ4n) is 1.45. The van der Waals surface area contributed by atoms with Gasteiger partial charge in [-0.15, -0.1) is 0 Å². The van der Waals surface area contributed by atoms with Crippen LogP contribution in [0.15, 0.2) is 18.2 Å². The van der Waals surface area contributed by atoms with Crippen LogP contribution in [0, 0.1) is 0 Å². The van der Waals surface area contributed by atoms with Gasteiger partial charge < -0.3 is 21.3 Å². The van der Waals surface area contributed by atoms with Crippen LogP contribution in [0.2, 0.25) is 0 Å². The van der Waals surface area contributed by atoms with E-state index >= 15 is 0 Å². The Hall–Kier alpha value is -1.59. The Kier molecular flexibility index (Phi) is 4.48. The van der Waals surface area contributed by atoms with Gasteiger partial charge in [-0.2, -0.15) is 0 Å². The number of nitrogens with one attached hydrogen (secondary N) is 1. The number of carbonyl (C=O) groups is 1. The van der Waals surface area contributed by atoms with Gasteiger partial charge in [0.15, 0.2) is 0 Å². The van der Waals surface area contributed by atoms with Crippen molar-refractivity contribution in [3.05, 3.63) is 29.3 Å². The largest absolute Gasteiger partial charge is 0.508 e. The number of phenolic OH excluding ortho intramolecular Hbond substituents is 1. The lowest BCUT2D eigenvalue weighted by Gasteiger charge is -2.16. The first-order chi connectivity index (χ1) is 7.91. The van der Waals surface area contributed by atoms with E-state index in [0.29, 0.717) is 11.1 Å². The lowest BCUT2D eigenvalue weighted by atomic mass is 10.0. The minimum absolute atomic E-state index is 0.0828. The molecule has 2 atom stereocenters. The van der Waals surface area contributed by atoms with Crippen molar-refractivity contribution < 1.29 is 15.0 Å². The summed E-state index contributed by atoms with van der Waals surface area (Å²) >= 11 is 0. The van der Waals surface area contributed by atoms with Gasteiger partial charge in [-0.05, 0) is 24.6 Å². The van der Waals surface area contributed by atoms with E-state index in [1.165, 1.54) is 13.0 Å². The second kappa shape index (κ2) is 5.65. The molecule has 0 fully saturated rings. The van der Waals surface area contributed by atoms with Crippen LogP contribution in [0.4, 0.5) is 0 Å². The third-order valence-corrected chi connectivity index (χ3v) is 2.47.